The molecule has 0 saturated carbocycles. The number of carbonyl (C=O) groups excluding carboxylic acids is 1. The Morgan fingerprint density at radius 1 is 0.850 bits per heavy atom. The van der Waals surface area contributed by atoms with Crippen molar-refractivity contribution in [2.75, 3.05) is 13.1 Å². The SMILES string of the molecule is CC(=O)N1CC=C(c2ccc(-n3c(=O)n(C)c4cnc5ccc(-c6cnc7ccccc7c6)cc5c43)cc2)CC1. The first kappa shape index (κ1) is 24.0. The van der Waals surface area contributed by atoms with Gasteiger partial charge in [0.2, 0.25) is 5.91 Å². The lowest BCUT2D eigenvalue weighted by Gasteiger charge is -2.25. The minimum atomic E-state index is -0.121. The fourth-order valence-corrected chi connectivity index (χ4v) is 5.69. The van der Waals surface area contributed by atoms with E-state index >= 15 is 0 Å². The molecule has 7 heteroatoms. The van der Waals surface area contributed by atoms with Crippen LogP contribution in [-0.4, -0.2) is 43.0 Å². The second kappa shape index (κ2) is 9.31. The van der Waals surface area contributed by atoms with Crippen LogP contribution in [0.1, 0.15) is 18.9 Å². The standard InChI is InChI=1S/C33H27N5O2/c1-21(39)37-15-13-23(14-16-37)22-7-10-27(11-8-22)38-32-28-18-24(26-17-25-5-3-4-6-29(25)34-19-26)9-12-30(28)35-20-31(32)36(2)33(38)40/h3-13,17-20H,14-16H2,1-2H3. The minimum absolute atomic E-state index is 0.0998. The van der Waals surface area contributed by atoms with Crippen molar-refractivity contribution in [3.8, 4) is 16.8 Å². The summed E-state index contributed by atoms with van der Waals surface area (Å²) in [7, 11) is 1.79. The first-order chi connectivity index (χ1) is 19.5. The molecule has 0 fully saturated rings. The maximum absolute atomic E-state index is 13.6. The predicted molar refractivity (Wildman–Crippen MR) is 159 cm³/mol. The van der Waals surface area contributed by atoms with Crippen LogP contribution in [0.5, 0.6) is 0 Å². The average molecular weight is 526 g/mol. The van der Waals surface area contributed by atoms with Crippen molar-refractivity contribution >= 4 is 44.3 Å². The van der Waals surface area contributed by atoms with Crippen molar-refractivity contribution in [1.82, 2.24) is 24.0 Å². The Balaban J connectivity index is 1.35. The maximum atomic E-state index is 13.6. The Bertz CT molecular complexity index is 2050. The summed E-state index contributed by atoms with van der Waals surface area (Å²) in [6.07, 6.45) is 6.60. The second-order valence-corrected chi connectivity index (χ2v) is 10.3. The zero-order valence-corrected chi connectivity index (χ0v) is 22.3. The molecule has 6 aromatic rings. The van der Waals surface area contributed by atoms with Gasteiger partial charge in [-0.15, -0.1) is 0 Å². The molecular formula is C33H27N5O2. The quantitative estimate of drug-likeness (QED) is 0.296. The predicted octanol–water partition coefficient (Wildman–Crippen LogP) is 5.73. The van der Waals surface area contributed by atoms with Gasteiger partial charge in [-0.05, 0) is 59.5 Å². The molecule has 40 heavy (non-hydrogen) atoms. The summed E-state index contributed by atoms with van der Waals surface area (Å²) in [6.45, 7) is 2.96. The lowest BCUT2D eigenvalue weighted by molar-refractivity contribution is -0.128. The fraction of sp³-hybridized carbons (Fsp3) is 0.152. The monoisotopic (exact) mass is 525 g/mol. The van der Waals surface area contributed by atoms with Gasteiger partial charge in [0, 0.05) is 49.6 Å². The van der Waals surface area contributed by atoms with Gasteiger partial charge < -0.3 is 4.90 Å². The summed E-state index contributed by atoms with van der Waals surface area (Å²) in [5.41, 5.74) is 8.41. The van der Waals surface area contributed by atoms with Crippen LogP contribution in [-0.2, 0) is 11.8 Å². The van der Waals surface area contributed by atoms with E-state index in [0.717, 1.165) is 68.2 Å². The first-order valence-corrected chi connectivity index (χ1v) is 13.4. The molecule has 0 N–H and O–H groups in total. The van der Waals surface area contributed by atoms with Crippen LogP contribution in [0.15, 0.2) is 96.1 Å². The topological polar surface area (TPSA) is 73.0 Å². The third kappa shape index (κ3) is 3.90. The molecule has 7 nitrogen and oxygen atoms in total. The molecule has 0 unspecified atom stereocenters. The Morgan fingerprint density at radius 3 is 2.40 bits per heavy atom. The molecule has 1 amide bonds. The number of rotatable bonds is 3. The van der Waals surface area contributed by atoms with E-state index in [4.69, 9.17) is 0 Å². The molecule has 0 saturated heterocycles. The summed E-state index contributed by atoms with van der Waals surface area (Å²) in [6, 6.07) is 24.5. The highest BCUT2D eigenvalue weighted by atomic mass is 16.2. The van der Waals surface area contributed by atoms with Crippen LogP contribution < -0.4 is 5.69 Å². The summed E-state index contributed by atoms with van der Waals surface area (Å²) < 4.78 is 3.43. The molecule has 3 aromatic carbocycles. The van der Waals surface area contributed by atoms with E-state index in [1.54, 1.807) is 29.3 Å². The van der Waals surface area contributed by atoms with Gasteiger partial charge in [0.05, 0.1) is 34.0 Å². The molecule has 1 aliphatic heterocycles. The summed E-state index contributed by atoms with van der Waals surface area (Å²) >= 11 is 0. The van der Waals surface area contributed by atoms with Crippen LogP contribution >= 0.6 is 0 Å². The van der Waals surface area contributed by atoms with E-state index in [2.05, 4.69) is 52.4 Å². The number of benzene rings is 3. The van der Waals surface area contributed by atoms with E-state index in [-0.39, 0.29) is 11.6 Å². The molecule has 0 atom stereocenters. The van der Waals surface area contributed by atoms with Gasteiger partial charge in [-0.1, -0.05) is 42.5 Å². The molecular weight excluding hydrogens is 498 g/mol. The van der Waals surface area contributed by atoms with E-state index in [1.807, 2.05) is 47.5 Å². The Kier molecular flexibility index (Phi) is 5.59. The number of pyridine rings is 2. The number of hydrogen-bond acceptors (Lipinski definition) is 4. The van der Waals surface area contributed by atoms with Gasteiger partial charge in [0.15, 0.2) is 0 Å². The fourth-order valence-electron chi connectivity index (χ4n) is 5.69. The van der Waals surface area contributed by atoms with Crippen LogP contribution in [0.2, 0.25) is 0 Å². The van der Waals surface area contributed by atoms with E-state index in [0.29, 0.717) is 6.54 Å². The Hall–Kier alpha value is -5.04. The number of hydrogen-bond donors (Lipinski definition) is 0. The van der Waals surface area contributed by atoms with Crippen molar-refractivity contribution < 1.29 is 4.79 Å². The van der Waals surface area contributed by atoms with Crippen molar-refractivity contribution in [2.45, 2.75) is 13.3 Å². The highest BCUT2D eigenvalue weighted by Crippen LogP contribution is 2.31. The van der Waals surface area contributed by atoms with Gasteiger partial charge in [-0.2, -0.15) is 0 Å². The normalized spacial score (nSPS) is 13.8. The molecule has 4 heterocycles. The van der Waals surface area contributed by atoms with E-state index in [1.165, 1.54) is 5.57 Å². The summed E-state index contributed by atoms with van der Waals surface area (Å²) in [5, 5.41) is 1.99. The molecule has 0 bridgehead atoms. The van der Waals surface area contributed by atoms with E-state index in [9.17, 15) is 9.59 Å². The van der Waals surface area contributed by atoms with E-state index < -0.39 is 0 Å². The van der Waals surface area contributed by atoms with Gasteiger partial charge in [0.25, 0.3) is 0 Å². The van der Waals surface area contributed by atoms with Crippen LogP contribution in [0, 0.1) is 0 Å². The molecule has 0 aliphatic carbocycles. The molecule has 0 spiro atoms. The molecule has 3 aromatic heterocycles. The summed E-state index contributed by atoms with van der Waals surface area (Å²) in [5.74, 6) is 0.0998. The number of aromatic nitrogens is 4. The average Bonchev–Trinajstić information content (AvgIpc) is 3.26. The van der Waals surface area contributed by atoms with Gasteiger partial charge >= 0.3 is 5.69 Å². The number of fused-ring (bicyclic) bond motifs is 4. The molecule has 7 rings (SSSR count). The Morgan fingerprint density at radius 2 is 1.62 bits per heavy atom. The van der Waals surface area contributed by atoms with Crippen molar-refractivity contribution in [3.05, 3.63) is 107 Å². The second-order valence-electron chi connectivity index (χ2n) is 10.3. The van der Waals surface area contributed by atoms with Gasteiger partial charge in [0.1, 0.15) is 0 Å². The number of imidazole rings is 1. The zero-order valence-electron chi connectivity index (χ0n) is 22.3. The molecule has 196 valence electrons. The van der Waals surface area contributed by atoms with Gasteiger partial charge in [-0.25, -0.2) is 4.79 Å². The third-order valence-electron chi connectivity index (χ3n) is 7.96. The third-order valence-corrected chi connectivity index (χ3v) is 7.96. The lowest BCUT2D eigenvalue weighted by Crippen LogP contribution is -2.32. The van der Waals surface area contributed by atoms with Crippen molar-refractivity contribution in [2.24, 2.45) is 7.05 Å². The molecule has 0 radical (unpaired) electrons. The van der Waals surface area contributed by atoms with Crippen LogP contribution in [0.25, 0.3) is 55.2 Å². The minimum Gasteiger partial charge on any atom is -0.339 e. The van der Waals surface area contributed by atoms with Crippen LogP contribution in [0.4, 0.5) is 0 Å². The number of aryl methyl sites for hydroxylation is 1. The number of nitrogens with zero attached hydrogens (tertiary/aromatic N) is 5. The first-order valence-electron chi connectivity index (χ1n) is 13.4. The molecule has 1 aliphatic rings. The van der Waals surface area contributed by atoms with Gasteiger partial charge in [-0.3, -0.25) is 23.9 Å². The van der Waals surface area contributed by atoms with Crippen molar-refractivity contribution in [1.29, 1.82) is 0 Å². The maximum Gasteiger partial charge on any atom is 0.333 e. The highest BCUT2D eigenvalue weighted by molar-refractivity contribution is 6.05. The summed E-state index contributed by atoms with van der Waals surface area (Å²) in [4.78, 5) is 36.4. The Labute approximate surface area is 230 Å². The zero-order chi connectivity index (χ0) is 27.4. The number of carbonyl (C=O) groups is 1. The van der Waals surface area contributed by atoms with Crippen molar-refractivity contribution in [3.63, 3.8) is 0 Å². The lowest BCUT2D eigenvalue weighted by atomic mass is 9.99. The largest absolute Gasteiger partial charge is 0.339 e. The smallest absolute Gasteiger partial charge is 0.333 e. The number of para-hydroxylation sites is 1. The number of amides is 1. The highest BCUT2D eigenvalue weighted by Gasteiger charge is 2.18. The van der Waals surface area contributed by atoms with Crippen LogP contribution in [0.3, 0.4) is 0 Å².